The molecule has 0 aliphatic heterocycles. The Morgan fingerprint density at radius 2 is 2.00 bits per heavy atom. The molecule has 1 aliphatic rings. The van der Waals surface area contributed by atoms with Crippen LogP contribution in [0, 0.1) is 12.7 Å². The number of nitrogens with two attached hydrogens (primary N) is 1. The van der Waals surface area contributed by atoms with Crippen LogP contribution in [0.15, 0.2) is 58.4 Å². The molecule has 2 atom stereocenters. The molecule has 4 rings (SSSR count). The number of hydrogen-bond donors (Lipinski definition) is 2. The van der Waals surface area contributed by atoms with Crippen LogP contribution in [0.5, 0.6) is 0 Å². The Bertz CT molecular complexity index is 1340. The van der Waals surface area contributed by atoms with E-state index in [-0.39, 0.29) is 10.9 Å². The Morgan fingerprint density at radius 1 is 1.22 bits per heavy atom. The topological polar surface area (TPSA) is 107 Å². The lowest BCUT2D eigenvalue weighted by Gasteiger charge is -2.16. The van der Waals surface area contributed by atoms with E-state index in [1.807, 2.05) is 25.1 Å². The Morgan fingerprint density at radius 3 is 2.75 bits per heavy atom. The van der Waals surface area contributed by atoms with E-state index in [4.69, 9.17) is 17.3 Å². The van der Waals surface area contributed by atoms with Crippen LogP contribution in [-0.2, 0) is 10.0 Å². The fourth-order valence-corrected chi connectivity index (χ4v) is 5.66. The van der Waals surface area contributed by atoms with Gasteiger partial charge in [0.25, 0.3) is 0 Å². The van der Waals surface area contributed by atoms with Gasteiger partial charge in [0.1, 0.15) is 0 Å². The first kappa shape index (κ1) is 22.4. The van der Waals surface area contributed by atoms with Crippen molar-refractivity contribution in [3.63, 3.8) is 0 Å². The quantitative estimate of drug-likeness (QED) is 0.584. The van der Waals surface area contributed by atoms with Crippen LogP contribution in [0.2, 0.25) is 5.02 Å². The lowest BCUT2D eigenvalue weighted by atomic mass is 10.0. The fraction of sp³-hybridized carbons (Fsp3) is 0.273. The summed E-state index contributed by atoms with van der Waals surface area (Å²) in [6, 6.07) is 11.4. The molecule has 0 saturated heterocycles. The van der Waals surface area contributed by atoms with E-state index < -0.39 is 33.4 Å². The number of nitrogens with one attached hydrogen (secondary N) is 1. The Kier molecular flexibility index (Phi) is 6.07. The zero-order valence-corrected chi connectivity index (χ0v) is 18.8. The largest absolute Gasteiger partial charge is 0.381 e. The van der Waals surface area contributed by atoms with Crippen molar-refractivity contribution < 1.29 is 12.8 Å². The molecule has 3 N–H and O–H groups in total. The molecule has 1 heterocycles. The Hall–Kier alpha value is -2.75. The summed E-state index contributed by atoms with van der Waals surface area (Å²) in [5.74, 6) is -1.22. The van der Waals surface area contributed by atoms with E-state index >= 15 is 0 Å². The highest BCUT2D eigenvalue weighted by Crippen LogP contribution is 2.31. The minimum atomic E-state index is -3.80. The fourth-order valence-electron chi connectivity index (χ4n) is 4.11. The number of aromatic nitrogens is 2. The average Bonchev–Trinajstić information content (AvgIpc) is 3.18. The first-order chi connectivity index (χ1) is 15.1. The van der Waals surface area contributed by atoms with E-state index in [2.05, 4.69) is 9.71 Å². The summed E-state index contributed by atoms with van der Waals surface area (Å²) in [6.45, 7) is 1.91. The normalized spacial score (nSPS) is 18.7. The monoisotopic (exact) mass is 476 g/mol. The van der Waals surface area contributed by atoms with Crippen LogP contribution in [-0.4, -0.2) is 24.0 Å². The highest BCUT2D eigenvalue weighted by Gasteiger charge is 2.31. The number of nitrogen functional groups attached to an aromatic ring is 1. The number of anilines is 1. The van der Waals surface area contributed by atoms with Crippen molar-refractivity contribution in [3.8, 4) is 11.1 Å². The molecule has 1 aliphatic carbocycles. The van der Waals surface area contributed by atoms with Gasteiger partial charge < -0.3 is 5.73 Å². The SMILES string of the molecule is Cc1cc(Cl)ccc1-c1cccc(S(=O)(=O)N[C@H]2CC[C@H](n3cc(F)c(N)nc3=O)C2)c1. The highest BCUT2D eigenvalue weighted by molar-refractivity contribution is 7.89. The third-order valence-corrected chi connectivity index (χ3v) is 7.45. The zero-order valence-electron chi connectivity index (χ0n) is 17.3. The van der Waals surface area contributed by atoms with Gasteiger partial charge in [0.05, 0.1) is 4.90 Å². The lowest BCUT2D eigenvalue weighted by Crippen LogP contribution is -2.34. The molecule has 1 aromatic heterocycles. The number of rotatable bonds is 5. The van der Waals surface area contributed by atoms with Gasteiger partial charge in [0, 0.05) is 23.3 Å². The van der Waals surface area contributed by atoms with Crippen LogP contribution in [0.1, 0.15) is 30.9 Å². The molecular weight excluding hydrogens is 455 g/mol. The predicted molar refractivity (Wildman–Crippen MR) is 121 cm³/mol. The first-order valence-electron chi connectivity index (χ1n) is 10.1. The molecule has 0 bridgehead atoms. The van der Waals surface area contributed by atoms with Gasteiger partial charge in [-0.3, -0.25) is 4.57 Å². The minimum Gasteiger partial charge on any atom is -0.381 e. The molecule has 3 aromatic rings. The number of nitrogens with zero attached hydrogens (tertiary/aromatic N) is 2. The van der Waals surface area contributed by atoms with Crippen molar-refractivity contribution in [2.45, 2.75) is 43.2 Å². The van der Waals surface area contributed by atoms with E-state index in [1.54, 1.807) is 18.2 Å². The smallest absolute Gasteiger partial charge is 0.349 e. The summed E-state index contributed by atoms with van der Waals surface area (Å²) >= 11 is 6.03. The molecule has 1 saturated carbocycles. The van der Waals surface area contributed by atoms with Gasteiger partial charge in [-0.2, -0.15) is 4.98 Å². The summed E-state index contributed by atoms with van der Waals surface area (Å²) in [5, 5.41) is 0.614. The van der Waals surface area contributed by atoms with Crippen molar-refractivity contribution in [1.82, 2.24) is 14.3 Å². The van der Waals surface area contributed by atoms with Crippen molar-refractivity contribution >= 4 is 27.4 Å². The summed E-state index contributed by atoms with van der Waals surface area (Å²) in [4.78, 5) is 15.7. The molecule has 168 valence electrons. The summed E-state index contributed by atoms with van der Waals surface area (Å²) < 4.78 is 43.7. The molecule has 0 radical (unpaired) electrons. The third kappa shape index (κ3) is 4.55. The molecular formula is C22H22ClFN4O3S. The van der Waals surface area contributed by atoms with Gasteiger partial charge in [-0.05, 0) is 67.1 Å². The second kappa shape index (κ2) is 8.65. The van der Waals surface area contributed by atoms with Gasteiger partial charge >= 0.3 is 5.69 Å². The van der Waals surface area contributed by atoms with Crippen LogP contribution in [0.25, 0.3) is 11.1 Å². The molecule has 2 aromatic carbocycles. The van der Waals surface area contributed by atoms with E-state index in [1.165, 1.54) is 10.6 Å². The van der Waals surface area contributed by atoms with Gasteiger partial charge in [0.2, 0.25) is 10.0 Å². The number of benzene rings is 2. The molecule has 7 nitrogen and oxygen atoms in total. The summed E-state index contributed by atoms with van der Waals surface area (Å²) in [5.41, 5.74) is 7.28. The minimum absolute atomic E-state index is 0.144. The lowest BCUT2D eigenvalue weighted by molar-refractivity contribution is 0.461. The standard InChI is InChI=1S/C22H22ClFN4O3S/c1-13-9-15(23)5-8-19(13)14-3-2-4-18(10-14)32(30,31)27-16-6-7-17(11-16)28-12-20(24)21(25)26-22(28)29/h2-5,8-10,12,16-17,27H,6-7,11H2,1H3,(H2,25,26,29)/t16-,17-/m0/s1. The number of hydrogen-bond acceptors (Lipinski definition) is 5. The first-order valence-corrected chi connectivity index (χ1v) is 11.9. The molecule has 10 heteroatoms. The summed E-state index contributed by atoms with van der Waals surface area (Å²) in [6.07, 6.45) is 2.41. The average molecular weight is 477 g/mol. The summed E-state index contributed by atoms with van der Waals surface area (Å²) in [7, 11) is -3.80. The van der Waals surface area contributed by atoms with Gasteiger partial charge in [-0.1, -0.05) is 29.8 Å². The molecule has 0 unspecified atom stereocenters. The van der Waals surface area contributed by atoms with E-state index in [0.29, 0.717) is 24.3 Å². The maximum atomic E-state index is 13.8. The highest BCUT2D eigenvalue weighted by atomic mass is 35.5. The Labute approximate surface area is 190 Å². The van der Waals surface area contributed by atoms with Gasteiger partial charge in [0.15, 0.2) is 11.6 Å². The molecule has 1 fully saturated rings. The Balaban J connectivity index is 1.53. The maximum Gasteiger partial charge on any atom is 0.349 e. The van der Waals surface area contributed by atoms with Crippen molar-refractivity contribution in [2.75, 3.05) is 5.73 Å². The third-order valence-electron chi connectivity index (χ3n) is 5.70. The van der Waals surface area contributed by atoms with Crippen LogP contribution in [0.3, 0.4) is 0 Å². The molecule has 0 spiro atoms. The van der Waals surface area contributed by atoms with Gasteiger partial charge in [-0.15, -0.1) is 0 Å². The zero-order chi connectivity index (χ0) is 23.0. The van der Waals surface area contributed by atoms with Crippen molar-refractivity contribution in [3.05, 3.63) is 75.5 Å². The molecule has 0 amide bonds. The van der Waals surface area contributed by atoms with Crippen LogP contribution < -0.4 is 16.1 Å². The van der Waals surface area contributed by atoms with Crippen LogP contribution in [0.4, 0.5) is 10.2 Å². The predicted octanol–water partition coefficient (Wildman–Crippen LogP) is 3.67. The van der Waals surface area contributed by atoms with Crippen molar-refractivity contribution in [1.29, 1.82) is 0 Å². The van der Waals surface area contributed by atoms with E-state index in [9.17, 15) is 17.6 Å². The van der Waals surface area contributed by atoms with Gasteiger partial charge in [-0.25, -0.2) is 22.3 Å². The number of sulfonamides is 1. The maximum absolute atomic E-state index is 13.8. The molecule has 32 heavy (non-hydrogen) atoms. The number of halogens is 2. The second-order valence-electron chi connectivity index (χ2n) is 7.94. The number of aryl methyl sites for hydroxylation is 1. The van der Waals surface area contributed by atoms with Crippen molar-refractivity contribution in [2.24, 2.45) is 0 Å². The van der Waals surface area contributed by atoms with Crippen LogP contribution >= 0.6 is 11.6 Å². The second-order valence-corrected chi connectivity index (χ2v) is 10.1. The van der Waals surface area contributed by atoms with E-state index in [0.717, 1.165) is 22.9 Å².